The summed E-state index contributed by atoms with van der Waals surface area (Å²) in [7, 11) is -3.46. The van der Waals surface area contributed by atoms with Crippen LogP contribution in [0, 0.1) is 5.41 Å². The second-order valence-electron chi connectivity index (χ2n) is 8.09. The highest BCUT2D eigenvalue weighted by Crippen LogP contribution is 2.37. The predicted octanol–water partition coefficient (Wildman–Crippen LogP) is 8.02. The van der Waals surface area contributed by atoms with Crippen molar-refractivity contribution in [2.75, 3.05) is 11.1 Å². The molecule has 0 bridgehead atoms. The molecule has 0 saturated heterocycles. The molecule has 1 aromatic heterocycles. The third-order valence-corrected chi connectivity index (χ3v) is 8.44. The Bertz CT molecular complexity index is 1380. The topological polar surface area (TPSA) is 70.0 Å². The zero-order chi connectivity index (χ0) is 26.0. The summed E-state index contributed by atoms with van der Waals surface area (Å²) in [6.45, 7) is 5.49. The van der Waals surface area contributed by atoms with Crippen molar-refractivity contribution < 1.29 is 21.6 Å². The minimum Gasteiger partial charge on any atom is -0.353 e. The van der Waals surface area contributed by atoms with E-state index in [9.17, 15) is 21.6 Å². The Balaban J connectivity index is 2.11. The van der Waals surface area contributed by atoms with Gasteiger partial charge in [0, 0.05) is 4.88 Å². The lowest BCUT2D eigenvalue weighted by Gasteiger charge is -2.13. The Morgan fingerprint density at radius 3 is 2.43 bits per heavy atom. The Kier molecular flexibility index (Phi) is 8.14. The molecule has 4 nitrogen and oxygen atoms in total. The molecule has 2 aromatic carbocycles. The van der Waals surface area contributed by atoms with Gasteiger partial charge in [-0.3, -0.25) is 5.41 Å². The van der Waals surface area contributed by atoms with Crippen LogP contribution in [0.2, 0.25) is 5.02 Å². The van der Waals surface area contributed by atoms with E-state index in [0.29, 0.717) is 26.0 Å². The number of anilines is 1. The molecule has 1 heterocycles. The summed E-state index contributed by atoms with van der Waals surface area (Å²) in [5.74, 6) is 0.0301. The normalized spacial score (nSPS) is 12.7. The molecule has 0 spiro atoms. The van der Waals surface area contributed by atoms with Crippen molar-refractivity contribution in [3.8, 4) is 10.4 Å². The summed E-state index contributed by atoms with van der Waals surface area (Å²) in [6, 6.07) is 15.1. The SMILES string of the molecule is CCS(=O)(=O)c1cc(-c2ccc(/C(=C/C(=N)C(F)(F)F)Nc3ccccc3Cl)s2)cc(C(C)C)c1. The lowest BCUT2D eigenvalue weighted by Crippen LogP contribution is -2.20. The standard InChI is InChI=1S/C25H24ClF3N2O2S2/c1-4-35(32,33)18-12-16(15(2)3)11-17(13-18)22-9-10-23(34-22)21(14-24(30)25(27,28)29)31-20-8-6-5-7-19(20)26/h5-15,30-31H,4H2,1-3H3/b21-14-,30-24?. The monoisotopic (exact) mass is 540 g/mol. The van der Waals surface area contributed by atoms with E-state index in [-0.39, 0.29) is 22.3 Å². The third kappa shape index (κ3) is 6.54. The molecular weight excluding hydrogens is 517 g/mol. The van der Waals surface area contributed by atoms with Crippen LogP contribution in [0.3, 0.4) is 0 Å². The van der Waals surface area contributed by atoms with Crippen LogP contribution in [0.25, 0.3) is 16.1 Å². The van der Waals surface area contributed by atoms with Crippen LogP contribution >= 0.6 is 22.9 Å². The van der Waals surface area contributed by atoms with Crippen molar-refractivity contribution in [3.63, 3.8) is 0 Å². The maximum absolute atomic E-state index is 13.1. The van der Waals surface area contributed by atoms with Gasteiger partial charge < -0.3 is 5.32 Å². The molecule has 0 atom stereocenters. The summed E-state index contributed by atoms with van der Waals surface area (Å²) < 4.78 is 64.6. The quantitative estimate of drug-likeness (QED) is 0.284. The number of sulfone groups is 1. The number of halogens is 4. The van der Waals surface area contributed by atoms with Crippen LogP contribution in [-0.4, -0.2) is 26.1 Å². The molecule has 3 aromatic rings. The first kappa shape index (κ1) is 27.0. The van der Waals surface area contributed by atoms with E-state index in [1.807, 2.05) is 19.9 Å². The fourth-order valence-corrected chi connectivity index (χ4v) is 5.29. The van der Waals surface area contributed by atoms with Gasteiger partial charge in [0.15, 0.2) is 9.84 Å². The van der Waals surface area contributed by atoms with Crippen LogP contribution in [0.15, 0.2) is 65.6 Å². The Hall–Kier alpha value is -2.62. The van der Waals surface area contributed by atoms with Crippen molar-refractivity contribution in [2.45, 2.75) is 37.8 Å². The first-order valence-corrected chi connectivity index (χ1v) is 13.5. The van der Waals surface area contributed by atoms with E-state index in [1.165, 1.54) is 11.3 Å². The number of nitrogens with one attached hydrogen (secondary N) is 2. The molecule has 0 fully saturated rings. The molecule has 0 aliphatic rings. The molecular formula is C25H24ClF3N2O2S2. The predicted molar refractivity (Wildman–Crippen MR) is 138 cm³/mol. The van der Waals surface area contributed by atoms with Gasteiger partial charge in [0.25, 0.3) is 0 Å². The van der Waals surface area contributed by atoms with Gasteiger partial charge in [-0.2, -0.15) is 13.2 Å². The van der Waals surface area contributed by atoms with Gasteiger partial charge in [-0.15, -0.1) is 11.3 Å². The van der Waals surface area contributed by atoms with Crippen molar-refractivity contribution >= 4 is 49.9 Å². The number of benzene rings is 2. The molecule has 10 heteroatoms. The highest BCUT2D eigenvalue weighted by Gasteiger charge is 2.33. The van der Waals surface area contributed by atoms with Crippen LogP contribution in [-0.2, 0) is 9.84 Å². The second-order valence-corrected chi connectivity index (χ2v) is 11.9. The van der Waals surface area contributed by atoms with Crippen LogP contribution in [0.5, 0.6) is 0 Å². The molecule has 186 valence electrons. The first-order valence-electron chi connectivity index (χ1n) is 10.7. The molecule has 0 amide bonds. The number of alkyl halides is 3. The van der Waals surface area contributed by atoms with Crippen LogP contribution in [0.1, 0.15) is 37.1 Å². The highest BCUT2D eigenvalue weighted by atomic mass is 35.5. The maximum atomic E-state index is 13.1. The van der Waals surface area contributed by atoms with E-state index in [2.05, 4.69) is 5.32 Å². The molecule has 35 heavy (non-hydrogen) atoms. The average molecular weight is 541 g/mol. The maximum Gasteiger partial charge on any atom is 0.432 e. The van der Waals surface area contributed by atoms with Crippen LogP contribution < -0.4 is 5.32 Å². The molecule has 3 rings (SSSR count). The fraction of sp³-hybridized carbons (Fsp3) is 0.240. The Morgan fingerprint density at radius 2 is 1.83 bits per heavy atom. The number of hydrogen-bond donors (Lipinski definition) is 2. The van der Waals surface area contributed by atoms with Gasteiger partial charge in [0.1, 0.15) is 5.71 Å². The number of allylic oxidation sites excluding steroid dienone is 1. The fourth-order valence-electron chi connectivity index (χ4n) is 3.18. The van der Waals surface area contributed by atoms with E-state index in [4.69, 9.17) is 17.0 Å². The summed E-state index contributed by atoms with van der Waals surface area (Å²) >= 11 is 7.37. The number of para-hydroxylation sites is 1. The van der Waals surface area contributed by atoms with Gasteiger partial charge in [0.2, 0.25) is 0 Å². The minimum atomic E-state index is -4.82. The van der Waals surface area contributed by atoms with Crippen LogP contribution in [0.4, 0.5) is 18.9 Å². The third-order valence-electron chi connectivity index (χ3n) is 5.23. The molecule has 0 unspecified atom stereocenters. The summed E-state index contributed by atoms with van der Waals surface area (Å²) in [5, 5.41) is 10.7. The highest BCUT2D eigenvalue weighted by molar-refractivity contribution is 7.91. The number of hydrogen-bond acceptors (Lipinski definition) is 5. The minimum absolute atomic E-state index is 0.0438. The number of rotatable bonds is 8. The summed E-state index contributed by atoms with van der Waals surface area (Å²) in [4.78, 5) is 1.32. The van der Waals surface area contributed by atoms with Crippen molar-refractivity contribution in [1.82, 2.24) is 0 Å². The lowest BCUT2D eigenvalue weighted by molar-refractivity contribution is -0.0583. The van der Waals surface area contributed by atoms with Crippen molar-refractivity contribution in [1.29, 1.82) is 5.41 Å². The number of thiophene rings is 1. The largest absolute Gasteiger partial charge is 0.432 e. The molecule has 0 radical (unpaired) electrons. The van der Waals surface area contributed by atoms with E-state index < -0.39 is 21.7 Å². The molecule has 2 N–H and O–H groups in total. The molecule has 0 aliphatic heterocycles. The summed E-state index contributed by atoms with van der Waals surface area (Å²) in [5.41, 5.74) is 0.428. The smallest absolute Gasteiger partial charge is 0.353 e. The Morgan fingerprint density at radius 1 is 1.14 bits per heavy atom. The van der Waals surface area contributed by atoms with E-state index in [0.717, 1.165) is 11.6 Å². The Labute approximate surface area is 211 Å². The van der Waals surface area contributed by atoms with Gasteiger partial charge in [-0.25, -0.2) is 8.42 Å². The first-order chi connectivity index (χ1) is 16.3. The molecule has 0 aliphatic carbocycles. The zero-order valence-electron chi connectivity index (χ0n) is 19.2. The van der Waals surface area contributed by atoms with Gasteiger partial charge >= 0.3 is 6.18 Å². The van der Waals surface area contributed by atoms with E-state index in [1.54, 1.807) is 55.5 Å². The zero-order valence-corrected chi connectivity index (χ0v) is 21.6. The average Bonchev–Trinajstić information content (AvgIpc) is 3.29. The van der Waals surface area contributed by atoms with Crippen molar-refractivity contribution in [3.05, 3.63) is 76.1 Å². The van der Waals surface area contributed by atoms with Gasteiger partial charge in [-0.05, 0) is 65.6 Å². The summed E-state index contributed by atoms with van der Waals surface area (Å²) in [6.07, 6.45) is -4.10. The van der Waals surface area contributed by atoms with Gasteiger partial charge in [0.05, 0.1) is 31.9 Å². The van der Waals surface area contributed by atoms with E-state index >= 15 is 0 Å². The molecule has 0 saturated carbocycles. The van der Waals surface area contributed by atoms with Gasteiger partial charge in [-0.1, -0.05) is 44.5 Å². The van der Waals surface area contributed by atoms with Crippen molar-refractivity contribution in [2.24, 2.45) is 0 Å². The second kappa shape index (κ2) is 10.6. The lowest BCUT2D eigenvalue weighted by atomic mass is 10.0.